The van der Waals surface area contributed by atoms with Crippen LogP contribution in [-0.4, -0.2) is 25.3 Å². The summed E-state index contributed by atoms with van der Waals surface area (Å²) in [5.74, 6) is 1.75. The second-order valence-electron chi connectivity index (χ2n) is 3.78. The van der Waals surface area contributed by atoms with E-state index in [4.69, 9.17) is 4.74 Å². The Morgan fingerprint density at radius 1 is 1.00 bits per heavy atom. The lowest BCUT2D eigenvalue weighted by Gasteiger charge is -2.18. The molecule has 3 rings (SSSR count). The van der Waals surface area contributed by atoms with E-state index in [1.165, 1.54) is 25.9 Å². The molecule has 3 aliphatic rings. The third-order valence-corrected chi connectivity index (χ3v) is 3.35. The zero-order valence-corrected chi connectivity index (χ0v) is 6.05. The van der Waals surface area contributed by atoms with Crippen LogP contribution in [-0.2, 0) is 4.74 Å². The third kappa shape index (κ3) is 0.523. The highest BCUT2D eigenvalue weighted by Crippen LogP contribution is 2.44. The van der Waals surface area contributed by atoms with Crippen molar-refractivity contribution in [1.82, 2.24) is 5.32 Å². The van der Waals surface area contributed by atoms with Gasteiger partial charge in [-0.25, -0.2) is 0 Å². The minimum absolute atomic E-state index is 0.630. The molecule has 0 aromatic rings. The van der Waals surface area contributed by atoms with Crippen molar-refractivity contribution < 1.29 is 4.74 Å². The van der Waals surface area contributed by atoms with E-state index in [-0.39, 0.29) is 0 Å². The van der Waals surface area contributed by atoms with Crippen LogP contribution in [0.25, 0.3) is 0 Å². The smallest absolute Gasteiger partial charge is 0.0624 e. The molecule has 0 saturated carbocycles. The molecule has 1 N–H and O–H groups in total. The first-order valence-electron chi connectivity index (χ1n) is 4.31. The normalized spacial score (nSPS) is 57.6. The van der Waals surface area contributed by atoms with Crippen molar-refractivity contribution in [3.05, 3.63) is 0 Å². The van der Waals surface area contributed by atoms with Gasteiger partial charge in [0.2, 0.25) is 0 Å². The lowest BCUT2D eigenvalue weighted by molar-refractivity contribution is 0.0832. The zero-order valence-electron chi connectivity index (χ0n) is 6.05. The monoisotopic (exact) mass is 139 g/mol. The Morgan fingerprint density at radius 3 is 2.20 bits per heavy atom. The molecule has 0 aromatic carbocycles. The minimum Gasteiger partial charge on any atom is -0.374 e. The largest absolute Gasteiger partial charge is 0.374 e. The molecule has 56 valence electrons. The predicted molar refractivity (Wildman–Crippen MR) is 37.7 cm³/mol. The van der Waals surface area contributed by atoms with Crippen LogP contribution in [0.3, 0.4) is 0 Å². The van der Waals surface area contributed by atoms with Crippen molar-refractivity contribution in [1.29, 1.82) is 0 Å². The molecule has 0 spiro atoms. The Labute approximate surface area is 60.9 Å². The quantitative estimate of drug-likeness (QED) is 0.524. The number of fused-ring (bicyclic) bond motifs is 5. The number of hydrogen-bond acceptors (Lipinski definition) is 2. The van der Waals surface area contributed by atoms with E-state index < -0.39 is 0 Å². The molecule has 0 amide bonds. The standard InChI is InChI=1S/C8H13NO/c1-2-8-6-4-9-3-5(6)7(1)10-8/h5-9H,1-4H2/t5-,6-,7-,8+/m1/s1. The highest BCUT2D eigenvalue weighted by molar-refractivity contribution is 5.01. The van der Waals surface area contributed by atoms with Gasteiger partial charge in [-0.3, -0.25) is 0 Å². The molecule has 3 fully saturated rings. The number of hydrogen-bond donors (Lipinski definition) is 1. The number of ether oxygens (including phenoxy) is 1. The van der Waals surface area contributed by atoms with Gasteiger partial charge in [-0.05, 0) is 12.8 Å². The summed E-state index contributed by atoms with van der Waals surface area (Å²) in [5.41, 5.74) is 0. The predicted octanol–water partition coefficient (Wildman–Crippen LogP) is 0.383. The first-order chi connectivity index (χ1) is 4.95. The van der Waals surface area contributed by atoms with Crippen molar-refractivity contribution >= 4 is 0 Å². The Hall–Kier alpha value is -0.0800. The van der Waals surface area contributed by atoms with Gasteiger partial charge in [-0.2, -0.15) is 0 Å². The fourth-order valence-electron chi connectivity index (χ4n) is 2.85. The van der Waals surface area contributed by atoms with Crippen LogP contribution in [0.5, 0.6) is 0 Å². The maximum atomic E-state index is 5.80. The molecule has 3 heterocycles. The molecule has 3 aliphatic heterocycles. The maximum Gasteiger partial charge on any atom is 0.0624 e. The molecule has 3 saturated heterocycles. The van der Waals surface area contributed by atoms with E-state index in [9.17, 15) is 0 Å². The number of nitrogens with one attached hydrogen (secondary N) is 1. The topological polar surface area (TPSA) is 21.3 Å². The molecule has 0 aromatic heterocycles. The van der Waals surface area contributed by atoms with Crippen molar-refractivity contribution in [3.63, 3.8) is 0 Å². The average molecular weight is 139 g/mol. The summed E-state index contributed by atoms with van der Waals surface area (Å²) in [5, 5.41) is 3.45. The average Bonchev–Trinajstić information content (AvgIpc) is 2.60. The molecular formula is C8H13NO. The molecule has 10 heavy (non-hydrogen) atoms. The van der Waals surface area contributed by atoms with E-state index >= 15 is 0 Å². The Balaban J connectivity index is 1.92. The van der Waals surface area contributed by atoms with Crippen LogP contribution in [0.15, 0.2) is 0 Å². The molecule has 2 bridgehead atoms. The highest BCUT2D eigenvalue weighted by Gasteiger charge is 2.50. The summed E-state index contributed by atoms with van der Waals surface area (Å²) >= 11 is 0. The summed E-state index contributed by atoms with van der Waals surface area (Å²) in [4.78, 5) is 0. The van der Waals surface area contributed by atoms with Gasteiger partial charge in [0.15, 0.2) is 0 Å². The van der Waals surface area contributed by atoms with Gasteiger partial charge >= 0.3 is 0 Å². The first kappa shape index (κ1) is 5.56. The molecule has 2 heteroatoms. The van der Waals surface area contributed by atoms with Crippen LogP contribution in [0.2, 0.25) is 0 Å². The molecule has 0 radical (unpaired) electrons. The van der Waals surface area contributed by atoms with E-state index in [1.807, 2.05) is 0 Å². The zero-order chi connectivity index (χ0) is 6.55. The van der Waals surface area contributed by atoms with Gasteiger partial charge in [0.05, 0.1) is 12.2 Å². The van der Waals surface area contributed by atoms with Gasteiger partial charge in [-0.1, -0.05) is 0 Å². The minimum atomic E-state index is 0.630. The van der Waals surface area contributed by atoms with E-state index in [0.717, 1.165) is 11.8 Å². The van der Waals surface area contributed by atoms with E-state index in [2.05, 4.69) is 5.32 Å². The van der Waals surface area contributed by atoms with Crippen LogP contribution >= 0.6 is 0 Å². The first-order valence-corrected chi connectivity index (χ1v) is 4.31. The molecule has 2 nitrogen and oxygen atoms in total. The van der Waals surface area contributed by atoms with Crippen molar-refractivity contribution in [2.75, 3.05) is 13.1 Å². The summed E-state index contributed by atoms with van der Waals surface area (Å²) in [7, 11) is 0. The molecule has 0 aliphatic carbocycles. The summed E-state index contributed by atoms with van der Waals surface area (Å²) < 4.78 is 5.80. The van der Waals surface area contributed by atoms with Crippen LogP contribution in [0.1, 0.15) is 12.8 Å². The Morgan fingerprint density at radius 2 is 1.60 bits per heavy atom. The van der Waals surface area contributed by atoms with Gasteiger partial charge in [0.1, 0.15) is 0 Å². The third-order valence-electron chi connectivity index (χ3n) is 3.35. The second-order valence-corrected chi connectivity index (χ2v) is 3.78. The maximum absolute atomic E-state index is 5.80. The second kappa shape index (κ2) is 1.74. The van der Waals surface area contributed by atoms with Crippen LogP contribution in [0.4, 0.5) is 0 Å². The van der Waals surface area contributed by atoms with Crippen LogP contribution < -0.4 is 5.32 Å². The molecule has 4 atom stereocenters. The van der Waals surface area contributed by atoms with Crippen molar-refractivity contribution in [3.8, 4) is 0 Å². The Kier molecular flexibility index (Phi) is 0.968. The lowest BCUT2D eigenvalue weighted by Crippen LogP contribution is -2.24. The lowest BCUT2D eigenvalue weighted by atomic mass is 9.82. The molecular weight excluding hydrogens is 126 g/mol. The van der Waals surface area contributed by atoms with Crippen LogP contribution in [0, 0.1) is 11.8 Å². The van der Waals surface area contributed by atoms with Crippen molar-refractivity contribution in [2.45, 2.75) is 25.0 Å². The fourth-order valence-corrected chi connectivity index (χ4v) is 2.85. The summed E-state index contributed by atoms with van der Waals surface area (Å²) in [6.07, 6.45) is 3.91. The summed E-state index contributed by atoms with van der Waals surface area (Å²) in [6, 6.07) is 0. The fraction of sp³-hybridized carbons (Fsp3) is 1.00. The van der Waals surface area contributed by atoms with Gasteiger partial charge in [0.25, 0.3) is 0 Å². The summed E-state index contributed by atoms with van der Waals surface area (Å²) in [6.45, 7) is 2.43. The highest BCUT2D eigenvalue weighted by atomic mass is 16.5. The van der Waals surface area contributed by atoms with E-state index in [0.29, 0.717) is 12.2 Å². The van der Waals surface area contributed by atoms with Crippen molar-refractivity contribution in [2.24, 2.45) is 11.8 Å². The van der Waals surface area contributed by atoms with Gasteiger partial charge < -0.3 is 10.1 Å². The Bertz CT molecular complexity index is 143. The van der Waals surface area contributed by atoms with Gasteiger partial charge in [0, 0.05) is 24.9 Å². The number of rotatable bonds is 0. The SMILES string of the molecule is C1NC[C@@H]2[C@@H]1[C@@H]1CC[C@H]2O1. The van der Waals surface area contributed by atoms with Gasteiger partial charge in [-0.15, -0.1) is 0 Å². The van der Waals surface area contributed by atoms with E-state index in [1.54, 1.807) is 0 Å². The molecule has 0 unspecified atom stereocenters.